The molecule has 0 fully saturated rings. The highest BCUT2D eigenvalue weighted by atomic mass is 16.5. The van der Waals surface area contributed by atoms with E-state index >= 15 is 0 Å². The molecule has 0 atom stereocenters. The summed E-state index contributed by atoms with van der Waals surface area (Å²) in [4.78, 5) is 55.7. The van der Waals surface area contributed by atoms with E-state index in [1.807, 2.05) is 36.4 Å². The minimum absolute atomic E-state index is 0.331. The standard InChI is InChI=1S/C45H35N7O7/c1-57-37-7-3-5-28(23-37)26-46-51-43(55)32-13-9-30(10-14-32)41(53)48-35-19-17-34(18-20-35)45-50-39-22-21-36(25-40(39)59-45)49-42(54)31-11-15-33(16-12-31)44(56)52-47-27-29-6-4-8-38(24-29)58-2/h3-27H,1-2H3,(H,48,53)(H,49,54)(H,51,55)(H,52,56)/b46-26+,47-27+. The van der Waals surface area contributed by atoms with E-state index in [0.29, 0.717) is 67.7 Å². The van der Waals surface area contributed by atoms with Crippen LogP contribution in [0.1, 0.15) is 52.6 Å². The second-order valence-corrected chi connectivity index (χ2v) is 12.8. The third-order valence-electron chi connectivity index (χ3n) is 8.80. The molecule has 0 aliphatic heterocycles. The molecule has 14 heteroatoms. The summed E-state index contributed by atoms with van der Waals surface area (Å²) < 4.78 is 16.4. The van der Waals surface area contributed by atoms with E-state index in [4.69, 9.17) is 13.9 Å². The van der Waals surface area contributed by atoms with E-state index in [1.165, 1.54) is 24.6 Å². The Kier molecular flexibility index (Phi) is 11.9. The van der Waals surface area contributed by atoms with Gasteiger partial charge in [-0.1, -0.05) is 24.3 Å². The first-order chi connectivity index (χ1) is 28.7. The number of hydrogen-bond donors (Lipinski definition) is 4. The maximum Gasteiger partial charge on any atom is 0.271 e. The first-order valence-electron chi connectivity index (χ1n) is 18.0. The molecule has 0 saturated carbocycles. The summed E-state index contributed by atoms with van der Waals surface area (Å²) >= 11 is 0. The number of benzene rings is 6. The van der Waals surface area contributed by atoms with Gasteiger partial charge < -0.3 is 24.5 Å². The van der Waals surface area contributed by atoms with Crippen molar-refractivity contribution in [2.75, 3.05) is 24.9 Å². The van der Waals surface area contributed by atoms with E-state index in [0.717, 1.165) is 11.1 Å². The van der Waals surface area contributed by atoms with Crippen LogP contribution in [-0.4, -0.2) is 55.3 Å². The van der Waals surface area contributed by atoms with Gasteiger partial charge in [0, 0.05) is 45.3 Å². The number of aromatic nitrogens is 1. The molecule has 292 valence electrons. The van der Waals surface area contributed by atoms with Crippen LogP contribution in [0.2, 0.25) is 0 Å². The Balaban J connectivity index is 0.906. The summed E-state index contributed by atoms with van der Waals surface area (Å²) in [5.41, 5.74) is 10.6. The predicted molar refractivity (Wildman–Crippen MR) is 224 cm³/mol. The number of methoxy groups -OCH3 is 2. The Labute approximate surface area is 337 Å². The van der Waals surface area contributed by atoms with Crippen molar-refractivity contribution >= 4 is 58.5 Å². The number of hydrazone groups is 2. The lowest BCUT2D eigenvalue weighted by Crippen LogP contribution is -2.18. The van der Waals surface area contributed by atoms with E-state index in [1.54, 1.807) is 105 Å². The molecule has 0 aliphatic rings. The number of nitrogens with zero attached hydrogens (tertiary/aromatic N) is 3. The van der Waals surface area contributed by atoms with Crippen molar-refractivity contribution in [3.63, 3.8) is 0 Å². The zero-order valence-electron chi connectivity index (χ0n) is 31.6. The fraction of sp³-hybridized carbons (Fsp3) is 0.0444. The molecule has 0 aliphatic carbocycles. The van der Waals surface area contributed by atoms with Crippen LogP contribution in [0.25, 0.3) is 22.6 Å². The smallest absolute Gasteiger partial charge is 0.271 e. The third-order valence-corrected chi connectivity index (χ3v) is 8.80. The Bertz CT molecular complexity index is 2710. The molecule has 0 saturated heterocycles. The van der Waals surface area contributed by atoms with Crippen LogP contribution in [-0.2, 0) is 0 Å². The van der Waals surface area contributed by atoms with Gasteiger partial charge in [0.1, 0.15) is 17.0 Å². The highest BCUT2D eigenvalue weighted by molar-refractivity contribution is 6.06. The van der Waals surface area contributed by atoms with Gasteiger partial charge in [-0.15, -0.1) is 0 Å². The zero-order valence-corrected chi connectivity index (χ0v) is 31.6. The largest absolute Gasteiger partial charge is 0.497 e. The first kappa shape index (κ1) is 38.9. The number of rotatable bonds is 13. The molecule has 0 unspecified atom stereocenters. The minimum Gasteiger partial charge on any atom is -0.497 e. The first-order valence-corrected chi connectivity index (χ1v) is 18.0. The third kappa shape index (κ3) is 9.89. The topological polar surface area (TPSA) is 186 Å². The van der Waals surface area contributed by atoms with Gasteiger partial charge in [0.2, 0.25) is 5.89 Å². The number of nitrogens with one attached hydrogen (secondary N) is 4. The fourth-order valence-corrected chi connectivity index (χ4v) is 5.68. The molecule has 7 aromatic rings. The molecule has 14 nitrogen and oxygen atoms in total. The summed E-state index contributed by atoms with van der Waals surface area (Å²) in [5, 5.41) is 13.7. The molecule has 1 aromatic heterocycles. The Morgan fingerprint density at radius 3 is 1.49 bits per heavy atom. The van der Waals surface area contributed by atoms with Crippen LogP contribution in [0.15, 0.2) is 154 Å². The quantitative estimate of drug-likeness (QED) is 0.0682. The number of carbonyl (C=O) groups is 4. The van der Waals surface area contributed by atoms with Crippen molar-refractivity contribution in [3.05, 3.63) is 173 Å². The summed E-state index contributed by atoms with van der Waals surface area (Å²) in [6.07, 6.45) is 3.01. The van der Waals surface area contributed by atoms with Crippen LogP contribution < -0.4 is 31.0 Å². The molecular formula is C45H35N7O7. The van der Waals surface area contributed by atoms with Crippen molar-refractivity contribution < 1.29 is 33.1 Å². The van der Waals surface area contributed by atoms with Gasteiger partial charge in [0.15, 0.2) is 5.58 Å². The van der Waals surface area contributed by atoms with Crippen molar-refractivity contribution in [3.8, 4) is 23.0 Å². The average molecular weight is 786 g/mol. The number of anilines is 2. The number of fused-ring (bicyclic) bond motifs is 1. The Morgan fingerprint density at radius 2 is 1.00 bits per heavy atom. The number of ether oxygens (including phenoxy) is 2. The lowest BCUT2D eigenvalue weighted by atomic mass is 10.1. The van der Waals surface area contributed by atoms with Crippen LogP contribution >= 0.6 is 0 Å². The predicted octanol–water partition coefficient (Wildman–Crippen LogP) is 7.54. The normalized spacial score (nSPS) is 11.0. The highest BCUT2D eigenvalue weighted by Gasteiger charge is 2.14. The van der Waals surface area contributed by atoms with Gasteiger partial charge in [0.25, 0.3) is 23.6 Å². The maximum atomic E-state index is 13.0. The molecule has 59 heavy (non-hydrogen) atoms. The number of hydrogen-bond acceptors (Lipinski definition) is 10. The van der Waals surface area contributed by atoms with Gasteiger partial charge in [-0.25, -0.2) is 15.8 Å². The zero-order chi connectivity index (χ0) is 41.1. The van der Waals surface area contributed by atoms with Crippen LogP contribution in [0, 0.1) is 0 Å². The summed E-state index contributed by atoms with van der Waals surface area (Å²) in [6.45, 7) is 0. The molecule has 4 N–H and O–H groups in total. The Morgan fingerprint density at radius 1 is 0.542 bits per heavy atom. The monoisotopic (exact) mass is 785 g/mol. The van der Waals surface area contributed by atoms with E-state index < -0.39 is 11.8 Å². The van der Waals surface area contributed by atoms with Gasteiger partial charge >= 0.3 is 0 Å². The number of oxazole rings is 1. The second kappa shape index (κ2) is 18.0. The molecule has 7 rings (SSSR count). The van der Waals surface area contributed by atoms with Gasteiger partial charge in [-0.2, -0.15) is 10.2 Å². The molecule has 6 aromatic carbocycles. The minimum atomic E-state index is -0.429. The van der Waals surface area contributed by atoms with Crippen LogP contribution in [0.4, 0.5) is 11.4 Å². The summed E-state index contributed by atoms with van der Waals surface area (Å²) in [7, 11) is 3.14. The SMILES string of the molecule is COc1cccc(/C=N/NC(=O)c2ccc(C(=O)Nc3ccc(-c4nc5ccc(NC(=O)c6ccc(C(=O)N/N=C/c7cccc(OC)c7)cc6)cc5o4)cc3)cc2)c1. The van der Waals surface area contributed by atoms with E-state index in [-0.39, 0.29) is 11.8 Å². The van der Waals surface area contributed by atoms with Crippen molar-refractivity contribution in [2.45, 2.75) is 0 Å². The molecule has 1 heterocycles. The van der Waals surface area contributed by atoms with Gasteiger partial charge in [-0.3, -0.25) is 19.2 Å². The molecule has 0 bridgehead atoms. The van der Waals surface area contributed by atoms with Crippen molar-refractivity contribution in [1.29, 1.82) is 0 Å². The van der Waals surface area contributed by atoms with Gasteiger partial charge in [-0.05, 0) is 120 Å². The number of carbonyl (C=O) groups excluding carboxylic acids is 4. The second-order valence-electron chi connectivity index (χ2n) is 12.8. The van der Waals surface area contributed by atoms with Gasteiger partial charge in [0.05, 0.1) is 26.6 Å². The molecule has 4 amide bonds. The summed E-state index contributed by atoms with van der Waals surface area (Å²) in [6, 6.07) is 38.9. The fourth-order valence-electron chi connectivity index (χ4n) is 5.68. The highest BCUT2D eigenvalue weighted by Crippen LogP contribution is 2.28. The number of amides is 4. The maximum absolute atomic E-state index is 13.0. The van der Waals surface area contributed by atoms with Crippen molar-refractivity contribution in [1.82, 2.24) is 15.8 Å². The molecule has 0 spiro atoms. The van der Waals surface area contributed by atoms with E-state index in [9.17, 15) is 19.2 Å². The molecule has 0 radical (unpaired) electrons. The van der Waals surface area contributed by atoms with Crippen molar-refractivity contribution in [2.24, 2.45) is 10.2 Å². The lowest BCUT2D eigenvalue weighted by molar-refractivity contribution is 0.0947. The van der Waals surface area contributed by atoms with E-state index in [2.05, 4.69) is 36.7 Å². The van der Waals surface area contributed by atoms with Crippen LogP contribution in [0.3, 0.4) is 0 Å². The average Bonchev–Trinajstić information content (AvgIpc) is 3.70. The lowest BCUT2D eigenvalue weighted by Gasteiger charge is -2.07. The summed E-state index contributed by atoms with van der Waals surface area (Å²) in [5.74, 6) is 0.112. The Hall–Kier alpha value is -8.39. The van der Waals surface area contributed by atoms with Crippen LogP contribution in [0.5, 0.6) is 11.5 Å². The molecular weight excluding hydrogens is 751 g/mol.